The minimum atomic E-state index is 0.325. The molecule has 2 heterocycles. The van der Waals surface area contributed by atoms with Gasteiger partial charge < -0.3 is 0 Å². The van der Waals surface area contributed by atoms with Crippen molar-refractivity contribution < 1.29 is 4.57 Å². The molecule has 0 fully saturated rings. The first kappa shape index (κ1) is 19.2. The predicted octanol–water partition coefficient (Wildman–Crippen LogP) is 5.23. The molecular weight excluding hydrogens is 356 g/mol. The van der Waals surface area contributed by atoms with E-state index in [1.807, 2.05) is 18.7 Å². The largest absolute Gasteiger partial charge is 0.287 e. The third-order valence-electron chi connectivity index (χ3n) is 5.56. The topological polar surface area (TPSA) is 42.6 Å². The summed E-state index contributed by atoms with van der Waals surface area (Å²) in [6.07, 6.45) is 5.71. The van der Waals surface area contributed by atoms with Crippen LogP contribution < -0.4 is 4.57 Å². The van der Waals surface area contributed by atoms with E-state index in [1.165, 1.54) is 27.9 Å². The lowest BCUT2D eigenvalue weighted by Crippen LogP contribution is -2.32. The maximum absolute atomic E-state index is 4.70. The lowest BCUT2D eigenvalue weighted by atomic mass is 9.95. The van der Waals surface area contributed by atoms with Gasteiger partial charge in [-0.25, -0.2) is 14.5 Å². The highest BCUT2D eigenvalue weighted by Crippen LogP contribution is 2.31. The van der Waals surface area contributed by atoms with Gasteiger partial charge >= 0.3 is 0 Å². The molecule has 0 aliphatic rings. The van der Waals surface area contributed by atoms with Crippen molar-refractivity contribution >= 4 is 10.9 Å². The highest BCUT2D eigenvalue weighted by molar-refractivity contribution is 5.93. The summed E-state index contributed by atoms with van der Waals surface area (Å²) in [5.74, 6) is 1.19. The van der Waals surface area contributed by atoms with Crippen molar-refractivity contribution in [1.29, 1.82) is 0 Å². The van der Waals surface area contributed by atoms with Crippen molar-refractivity contribution in [1.82, 2.24) is 15.0 Å². The number of hydrogen-bond acceptors (Lipinski definition) is 3. The standard InChI is InChI=1S/C25H27N4/c1-15(2)25-26-12-20(13-27-25)19-7-8-21-23(11-19)28-14-29(6)24(21)22-10-16(3)9-17(4)18(22)5/h7-15H,1-6H3/q+1. The summed E-state index contributed by atoms with van der Waals surface area (Å²) in [6.45, 7) is 10.7. The molecular formula is C25H27N4+. The lowest BCUT2D eigenvalue weighted by molar-refractivity contribution is -0.662. The van der Waals surface area contributed by atoms with Crippen LogP contribution in [-0.2, 0) is 7.05 Å². The first-order valence-corrected chi connectivity index (χ1v) is 10.0. The van der Waals surface area contributed by atoms with Crippen LogP contribution in [0.2, 0.25) is 0 Å². The Morgan fingerprint density at radius 2 is 1.59 bits per heavy atom. The zero-order valence-electron chi connectivity index (χ0n) is 18.0. The van der Waals surface area contributed by atoms with Gasteiger partial charge in [0.2, 0.25) is 0 Å². The van der Waals surface area contributed by atoms with Gasteiger partial charge in [0.05, 0.1) is 12.4 Å². The van der Waals surface area contributed by atoms with Crippen molar-refractivity contribution in [3.63, 3.8) is 0 Å². The maximum Gasteiger partial charge on any atom is 0.287 e. The Labute approximate surface area is 172 Å². The predicted molar refractivity (Wildman–Crippen MR) is 118 cm³/mol. The quantitative estimate of drug-likeness (QED) is 0.455. The second kappa shape index (κ2) is 7.36. The van der Waals surface area contributed by atoms with E-state index < -0.39 is 0 Å². The van der Waals surface area contributed by atoms with Crippen LogP contribution in [0.25, 0.3) is 33.3 Å². The van der Waals surface area contributed by atoms with Crippen molar-refractivity contribution in [2.24, 2.45) is 7.05 Å². The summed E-state index contributed by atoms with van der Waals surface area (Å²) < 4.78 is 2.11. The Balaban J connectivity index is 1.88. The molecule has 0 unspecified atom stereocenters. The highest BCUT2D eigenvalue weighted by atomic mass is 15.0. The molecule has 2 aromatic carbocycles. The van der Waals surface area contributed by atoms with E-state index in [0.29, 0.717) is 5.92 Å². The Morgan fingerprint density at radius 3 is 2.28 bits per heavy atom. The van der Waals surface area contributed by atoms with Crippen molar-refractivity contribution in [2.75, 3.05) is 0 Å². The molecule has 4 aromatic rings. The van der Waals surface area contributed by atoms with Gasteiger partial charge in [0, 0.05) is 29.4 Å². The molecule has 0 aliphatic carbocycles. The third-order valence-corrected chi connectivity index (χ3v) is 5.56. The number of rotatable bonds is 3. The molecule has 146 valence electrons. The van der Waals surface area contributed by atoms with Crippen LogP contribution in [0, 0.1) is 20.8 Å². The van der Waals surface area contributed by atoms with Gasteiger partial charge in [-0.2, -0.15) is 0 Å². The molecule has 0 radical (unpaired) electrons. The average Bonchev–Trinajstić information content (AvgIpc) is 2.70. The number of fused-ring (bicyclic) bond motifs is 1. The van der Waals surface area contributed by atoms with E-state index in [9.17, 15) is 0 Å². The second-order valence-electron chi connectivity index (χ2n) is 8.18. The molecule has 29 heavy (non-hydrogen) atoms. The maximum atomic E-state index is 4.70. The molecule has 0 spiro atoms. The highest BCUT2D eigenvalue weighted by Gasteiger charge is 2.18. The zero-order valence-corrected chi connectivity index (χ0v) is 18.0. The first-order valence-electron chi connectivity index (χ1n) is 10.0. The normalized spacial score (nSPS) is 11.4. The number of nitrogens with zero attached hydrogens (tertiary/aromatic N) is 4. The summed E-state index contributed by atoms with van der Waals surface area (Å²) in [5, 5.41) is 1.14. The summed E-state index contributed by atoms with van der Waals surface area (Å²) in [6, 6.07) is 10.9. The SMILES string of the molecule is Cc1cc(C)c(C)c(-c2c3ccc(-c4cnc(C(C)C)nc4)cc3nc[n+]2C)c1. The van der Waals surface area contributed by atoms with Crippen LogP contribution >= 0.6 is 0 Å². The van der Waals surface area contributed by atoms with E-state index in [1.54, 1.807) is 0 Å². The van der Waals surface area contributed by atoms with Crippen LogP contribution in [0.15, 0.2) is 49.1 Å². The van der Waals surface area contributed by atoms with E-state index >= 15 is 0 Å². The van der Waals surface area contributed by atoms with Gasteiger partial charge in [-0.05, 0) is 60.6 Å². The van der Waals surface area contributed by atoms with Crippen molar-refractivity contribution in [3.8, 4) is 22.4 Å². The van der Waals surface area contributed by atoms with Crippen LogP contribution in [0.4, 0.5) is 0 Å². The molecule has 4 rings (SSSR count). The Morgan fingerprint density at radius 1 is 0.862 bits per heavy atom. The molecule has 0 aliphatic heterocycles. The Bertz CT molecular complexity index is 1210. The average molecular weight is 384 g/mol. The van der Waals surface area contributed by atoms with Gasteiger partial charge in [0.1, 0.15) is 11.5 Å². The van der Waals surface area contributed by atoms with E-state index in [4.69, 9.17) is 4.98 Å². The zero-order chi connectivity index (χ0) is 20.7. The van der Waals surface area contributed by atoms with Gasteiger partial charge in [0.15, 0.2) is 5.52 Å². The lowest BCUT2D eigenvalue weighted by Gasteiger charge is -2.12. The second-order valence-corrected chi connectivity index (χ2v) is 8.18. The fourth-order valence-corrected chi connectivity index (χ4v) is 3.82. The minimum Gasteiger partial charge on any atom is -0.240 e. The first-order chi connectivity index (χ1) is 13.8. The summed E-state index contributed by atoms with van der Waals surface area (Å²) in [5.41, 5.74) is 9.40. The molecule has 0 atom stereocenters. The Kier molecular flexibility index (Phi) is 4.87. The van der Waals surface area contributed by atoms with E-state index in [2.05, 4.69) is 86.5 Å². The van der Waals surface area contributed by atoms with E-state index in [-0.39, 0.29) is 0 Å². The molecule has 4 heteroatoms. The van der Waals surface area contributed by atoms with Crippen LogP contribution in [0.1, 0.15) is 42.3 Å². The molecule has 2 aromatic heterocycles. The number of hydrogen-bond donors (Lipinski definition) is 0. The van der Waals surface area contributed by atoms with Gasteiger partial charge in [-0.3, -0.25) is 0 Å². The summed E-state index contributed by atoms with van der Waals surface area (Å²) in [7, 11) is 2.06. The van der Waals surface area contributed by atoms with E-state index in [0.717, 1.165) is 27.9 Å². The van der Waals surface area contributed by atoms with Gasteiger partial charge in [-0.15, -0.1) is 0 Å². The summed E-state index contributed by atoms with van der Waals surface area (Å²) in [4.78, 5) is 13.7. The monoisotopic (exact) mass is 383 g/mol. The minimum absolute atomic E-state index is 0.325. The van der Waals surface area contributed by atoms with Crippen LogP contribution in [-0.4, -0.2) is 15.0 Å². The molecule has 0 bridgehead atoms. The van der Waals surface area contributed by atoms with Crippen LogP contribution in [0.5, 0.6) is 0 Å². The van der Waals surface area contributed by atoms with Gasteiger partial charge in [0.25, 0.3) is 6.33 Å². The number of aryl methyl sites for hydroxylation is 3. The molecule has 4 nitrogen and oxygen atoms in total. The van der Waals surface area contributed by atoms with Crippen molar-refractivity contribution in [2.45, 2.75) is 40.5 Å². The molecule has 0 saturated carbocycles. The fourth-order valence-electron chi connectivity index (χ4n) is 3.82. The van der Waals surface area contributed by atoms with Crippen molar-refractivity contribution in [3.05, 3.63) is 71.6 Å². The van der Waals surface area contributed by atoms with Crippen LogP contribution in [0.3, 0.4) is 0 Å². The Hall–Kier alpha value is -3.14. The fraction of sp³-hybridized carbons (Fsp3) is 0.280. The smallest absolute Gasteiger partial charge is 0.240 e. The molecule has 0 N–H and O–H groups in total. The third kappa shape index (κ3) is 3.51. The summed E-state index contributed by atoms with van der Waals surface area (Å²) >= 11 is 0. The molecule has 0 saturated heterocycles. The number of benzene rings is 2. The number of aromatic nitrogens is 4. The van der Waals surface area contributed by atoms with Gasteiger partial charge in [-0.1, -0.05) is 31.5 Å². The molecule has 0 amide bonds.